The van der Waals surface area contributed by atoms with Gasteiger partial charge in [-0.2, -0.15) is 5.01 Å². The van der Waals surface area contributed by atoms with Crippen molar-refractivity contribution in [1.82, 2.24) is 5.01 Å². The zero-order chi connectivity index (χ0) is 33.3. The maximum Gasteiger partial charge on any atom is 0.260 e. The number of aryl methyl sites for hydroxylation is 1. The number of carbonyl (C=O) groups excluding carboxylic acids is 4. The Hall–Kier alpha value is -5.21. The number of phenolic OH excluding ortho intramolecular Hbond substituents is 1. The van der Waals surface area contributed by atoms with Crippen LogP contribution in [0.15, 0.2) is 115 Å². The molecule has 4 aromatic rings. The number of phenols is 1. The van der Waals surface area contributed by atoms with Crippen molar-refractivity contribution in [2.75, 3.05) is 10.3 Å². The van der Waals surface area contributed by atoms with Gasteiger partial charge in [0.25, 0.3) is 11.8 Å². The Labute approximate surface area is 282 Å². The van der Waals surface area contributed by atoms with Crippen molar-refractivity contribution in [2.24, 2.45) is 23.7 Å². The zero-order valence-corrected chi connectivity index (χ0v) is 26.8. The van der Waals surface area contributed by atoms with E-state index in [1.807, 2.05) is 73.7 Å². The summed E-state index contributed by atoms with van der Waals surface area (Å²) in [7, 11) is 0. The summed E-state index contributed by atoms with van der Waals surface area (Å²) in [4.78, 5) is 59.3. The number of carbonyl (C=O) groups is 4. The van der Waals surface area contributed by atoms with Crippen LogP contribution in [0, 0.1) is 30.6 Å². The van der Waals surface area contributed by atoms with Gasteiger partial charge in [0.05, 0.1) is 34.5 Å². The highest BCUT2D eigenvalue weighted by Crippen LogP contribution is 2.64. The van der Waals surface area contributed by atoms with E-state index in [9.17, 15) is 19.5 Å². The van der Waals surface area contributed by atoms with Crippen LogP contribution in [0.4, 0.5) is 11.4 Å². The summed E-state index contributed by atoms with van der Waals surface area (Å²) >= 11 is 6.12. The molecule has 2 aliphatic heterocycles. The highest BCUT2D eigenvalue weighted by atomic mass is 35.5. The Kier molecular flexibility index (Phi) is 7.03. The molecule has 48 heavy (non-hydrogen) atoms. The zero-order valence-electron chi connectivity index (χ0n) is 26.0. The SMILES string of the molecule is Cc1ccc(NN2C(=O)C3CC4C(=CCC5C(=O)N(c6ccc(Cl)cc6)C(=O)C54)C(c4cccc(O)c4)C3(c3ccccc3)C2=O)cc1. The molecule has 2 N–H and O–H groups in total. The van der Waals surface area contributed by atoms with E-state index in [1.165, 1.54) is 4.90 Å². The number of aromatic hydroxyl groups is 1. The Morgan fingerprint density at radius 3 is 2.25 bits per heavy atom. The number of hydrazine groups is 1. The average Bonchev–Trinajstić information content (AvgIpc) is 3.47. The molecule has 9 heteroatoms. The standard InChI is InChI=1S/C39H32ClN3O5/c1-22-10-14-26(15-11-22)41-43-36(46)32-21-31-29(18-19-30-33(31)37(47)42(35(30)45)27-16-12-25(40)13-17-27)34(23-6-5-9-28(44)20-23)39(32,38(43)48)24-7-3-2-4-8-24/h2-18,20,30-34,41,44H,19,21H2,1H3. The van der Waals surface area contributed by atoms with E-state index < -0.39 is 46.8 Å². The molecule has 2 aliphatic carbocycles. The van der Waals surface area contributed by atoms with Gasteiger partial charge in [-0.1, -0.05) is 83.4 Å². The monoisotopic (exact) mass is 657 g/mol. The average molecular weight is 658 g/mol. The van der Waals surface area contributed by atoms with Crippen molar-refractivity contribution in [2.45, 2.75) is 31.1 Å². The van der Waals surface area contributed by atoms with Crippen LogP contribution < -0.4 is 10.3 Å². The topological polar surface area (TPSA) is 107 Å². The second kappa shape index (κ2) is 11.2. The molecule has 6 unspecified atom stereocenters. The molecule has 4 aromatic carbocycles. The Morgan fingerprint density at radius 1 is 0.812 bits per heavy atom. The molecule has 2 heterocycles. The number of rotatable bonds is 5. The molecule has 3 fully saturated rings. The van der Waals surface area contributed by atoms with E-state index in [0.29, 0.717) is 33.9 Å². The van der Waals surface area contributed by atoms with Gasteiger partial charge in [0.2, 0.25) is 11.8 Å². The molecule has 8 rings (SSSR count). The van der Waals surface area contributed by atoms with Crippen molar-refractivity contribution < 1.29 is 24.3 Å². The quantitative estimate of drug-likeness (QED) is 0.186. The van der Waals surface area contributed by atoms with Crippen LogP contribution in [0.25, 0.3) is 0 Å². The van der Waals surface area contributed by atoms with Gasteiger partial charge in [0.1, 0.15) is 5.75 Å². The predicted octanol–water partition coefficient (Wildman–Crippen LogP) is 6.54. The second-order valence-electron chi connectivity index (χ2n) is 13.2. The molecular weight excluding hydrogens is 626 g/mol. The fraction of sp³-hybridized carbons (Fsp3) is 0.231. The molecule has 0 aromatic heterocycles. The normalized spacial score (nSPS) is 27.8. The Morgan fingerprint density at radius 2 is 1.54 bits per heavy atom. The minimum atomic E-state index is -1.39. The fourth-order valence-electron chi connectivity index (χ4n) is 8.67. The number of anilines is 2. The smallest absolute Gasteiger partial charge is 0.260 e. The van der Waals surface area contributed by atoms with Crippen LogP contribution in [-0.4, -0.2) is 33.7 Å². The first kappa shape index (κ1) is 30.1. The summed E-state index contributed by atoms with van der Waals surface area (Å²) in [6, 6.07) is 30.2. The highest BCUT2D eigenvalue weighted by Gasteiger charge is 2.70. The largest absolute Gasteiger partial charge is 0.508 e. The van der Waals surface area contributed by atoms with E-state index in [4.69, 9.17) is 11.6 Å². The molecular formula is C39H32ClN3O5. The lowest BCUT2D eigenvalue weighted by molar-refractivity contribution is -0.138. The summed E-state index contributed by atoms with van der Waals surface area (Å²) in [6.45, 7) is 1.96. The van der Waals surface area contributed by atoms with Crippen molar-refractivity contribution in [3.05, 3.63) is 136 Å². The molecule has 4 aliphatic rings. The molecule has 240 valence electrons. The number of hydrogen-bond donors (Lipinski definition) is 2. The third-order valence-corrected chi connectivity index (χ3v) is 10.9. The van der Waals surface area contributed by atoms with Crippen LogP contribution in [0.3, 0.4) is 0 Å². The number of allylic oxidation sites excluding steroid dienone is 2. The van der Waals surface area contributed by atoms with Crippen LogP contribution >= 0.6 is 11.6 Å². The van der Waals surface area contributed by atoms with E-state index in [2.05, 4.69) is 5.43 Å². The van der Waals surface area contributed by atoms with Crippen LogP contribution in [0.2, 0.25) is 5.02 Å². The van der Waals surface area contributed by atoms with E-state index >= 15 is 4.79 Å². The number of halogens is 1. The van der Waals surface area contributed by atoms with E-state index in [0.717, 1.165) is 16.1 Å². The Balaban J connectivity index is 1.31. The van der Waals surface area contributed by atoms with Gasteiger partial charge in [0, 0.05) is 10.9 Å². The van der Waals surface area contributed by atoms with Gasteiger partial charge in [-0.05, 0) is 85.3 Å². The van der Waals surface area contributed by atoms with Crippen LogP contribution in [-0.2, 0) is 24.6 Å². The van der Waals surface area contributed by atoms with Crippen molar-refractivity contribution in [1.29, 1.82) is 0 Å². The van der Waals surface area contributed by atoms with E-state index in [-0.39, 0.29) is 24.0 Å². The molecule has 0 bridgehead atoms. The van der Waals surface area contributed by atoms with Gasteiger partial charge >= 0.3 is 0 Å². The molecule has 0 spiro atoms. The number of nitrogens with one attached hydrogen (secondary N) is 1. The number of nitrogens with zero attached hydrogens (tertiary/aromatic N) is 2. The van der Waals surface area contributed by atoms with Gasteiger partial charge in [-0.15, -0.1) is 0 Å². The molecule has 8 nitrogen and oxygen atoms in total. The van der Waals surface area contributed by atoms with Gasteiger partial charge in [-0.25, -0.2) is 0 Å². The molecule has 1 saturated carbocycles. The molecule has 4 amide bonds. The summed E-state index contributed by atoms with van der Waals surface area (Å²) in [5.74, 6) is -4.79. The van der Waals surface area contributed by atoms with Crippen molar-refractivity contribution in [3.8, 4) is 5.75 Å². The summed E-state index contributed by atoms with van der Waals surface area (Å²) in [5, 5.41) is 12.3. The lowest BCUT2D eigenvalue weighted by Crippen LogP contribution is -2.53. The van der Waals surface area contributed by atoms with Crippen LogP contribution in [0.1, 0.15) is 35.4 Å². The lowest BCUT2D eigenvalue weighted by atomic mass is 9.49. The maximum atomic E-state index is 15.1. The predicted molar refractivity (Wildman–Crippen MR) is 181 cm³/mol. The van der Waals surface area contributed by atoms with Gasteiger partial charge in [-0.3, -0.25) is 29.5 Å². The van der Waals surface area contributed by atoms with E-state index in [1.54, 1.807) is 42.5 Å². The molecule has 2 saturated heterocycles. The number of fused-ring (bicyclic) bond motifs is 4. The first-order chi connectivity index (χ1) is 23.2. The second-order valence-corrected chi connectivity index (χ2v) is 13.6. The number of imide groups is 2. The minimum absolute atomic E-state index is 0.0242. The number of benzene rings is 4. The van der Waals surface area contributed by atoms with Crippen molar-refractivity contribution in [3.63, 3.8) is 0 Å². The van der Waals surface area contributed by atoms with Crippen molar-refractivity contribution >= 4 is 46.6 Å². The van der Waals surface area contributed by atoms with Gasteiger partial charge in [0.15, 0.2) is 0 Å². The molecule has 0 radical (unpaired) electrons. The first-order valence-corrected chi connectivity index (χ1v) is 16.5. The van der Waals surface area contributed by atoms with Gasteiger partial charge < -0.3 is 5.11 Å². The fourth-order valence-corrected chi connectivity index (χ4v) is 8.80. The third kappa shape index (κ3) is 4.35. The number of amides is 4. The number of hydrogen-bond acceptors (Lipinski definition) is 6. The molecule has 6 atom stereocenters. The lowest BCUT2D eigenvalue weighted by Gasteiger charge is -2.50. The maximum absolute atomic E-state index is 15.1. The third-order valence-electron chi connectivity index (χ3n) is 10.7. The summed E-state index contributed by atoms with van der Waals surface area (Å²) in [5.41, 5.74) is 5.95. The highest BCUT2D eigenvalue weighted by molar-refractivity contribution is 6.31. The summed E-state index contributed by atoms with van der Waals surface area (Å²) in [6.07, 6.45) is 2.51. The Bertz CT molecular complexity index is 2010. The van der Waals surface area contributed by atoms with Crippen LogP contribution in [0.5, 0.6) is 5.75 Å². The first-order valence-electron chi connectivity index (χ1n) is 16.1. The summed E-state index contributed by atoms with van der Waals surface area (Å²) < 4.78 is 0. The minimum Gasteiger partial charge on any atom is -0.508 e.